The van der Waals surface area contributed by atoms with Crippen LogP contribution in [-0.4, -0.2) is 78.0 Å². The molecule has 1 fully saturated rings. The van der Waals surface area contributed by atoms with E-state index in [2.05, 4.69) is 81.2 Å². The van der Waals surface area contributed by atoms with E-state index in [-0.39, 0.29) is 5.91 Å². The number of amides is 1. The van der Waals surface area contributed by atoms with Gasteiger partial charge >= 0.3 is 0 Å². The number of aryl methyl sites for hydroxylation is 1. The van der Waals surface area contributed by atoms with E-state index in [0.29, 0.717) is 12.6 Å². The largest absolute Gasteiger partial charge is 0.353 e. The first-order valence-corrected chi connectivity index (χ1v) is 13.0. The predicted molar refractivity (Wildman–Crippen MR) is 141 cm³/mol. The average Bonchev–Trinajstić information content (AvgIpc) is 3.18. The Labute approximate surface area is 206 Å². The summed E-state index contributed by atoms with van der Waals surface area (Å²) in [5.41, 5.74) is 2.30. The summed E-state index contributed by atoms with van der Waals surface area (Å²) < 4.78 is 0. The lowest BCUT2D eigenvalue weighted by molar-refractivity contribution is 0.0954. The second kappa shape index (κ2) is 11.3. The van der Waals surface area contributed by atoms with Crippen LogP contribution in [0.1, 0.15) is 41.1 Å². The number of fused-ring (bicyclic) bond motifs is 1. The quantitative estimate of drug-likeness (QED) is 0.470. The van der Waals surface area contributed by atoms with Crippen molar-refractivity contribution in [3.05, 3.63) is 52.7 Å². The fraction of sp³-hybridized carbons (Fsp3) is 0.500. The van der Waals surface area contributed by atoms with Crippen LogP contribution in [0.25, 0.3) is 10.2 Å². The van der Waals surface area contributed by atoms with Crippen LogP contribution in [0.15, 0.2) is 36.7 Å². The Bertz CT molecular complexity index is 1090. The highest BCUT2D eigenvalue weighted by Crippen LogP contribution is 2.35. The topological polar surface area (TPSA) is 64.6 Å². The SMILES string of the molecule is Cc1c(C(=O)NCCCN(Cc2ccccc2)C(C)C)sc2ncnc(N3CCN(C)CC3)c12. The number of nitrogens with zero attached hydrogens (tertiary/aromatic N) is 5. The zero-order valence-corrected chi connectivity index (χ0v) is 21.6. The van der Waals surface area contributed by atoms with Crippen LogP contribution in [-0.2, 0) is 6.54 Å². The number of carbonyl (C=O) groups excluding carboxylic acids is 1. The Kier molecular flexibility index (Phi) is 8.13. The van der Waals surface area contributed by atoms with Crippen molar-refractivity contribution in [3.8, 4) is 0 Å². The molecule has 182 valence electrons. The van der Waals surface area contributed by atoms with Crippen molar-refractivity contribution < 1.29 is 4.79 Å². The number of piperazine rings is 1. The number of rotatable bonds is 9. The second-order valence-electron chi connectivity index (χ2n) is 9.38. The van der Waals surface area contributed by atoms with Crippen molar-refractivity contribution >= 4 is 33.3 Å². The van der Waals surface area contributed by atoms with Crippen LogP contribution in [0, 0.1) is 6.92 Å². The van der Waals surface area contributed by atoms with Gasteiger partial charge in [0, 0.05) is 51.9 Å². The molecular formula is C26H36N6OS. The van der Waals surface area contributed by atoms with Gasteiger partial charge in [-0.2, -0.15) is 0 Å². The Morgan fingerprint density at radius 3 is 2.59 bits per heavy atom. The van der Waals surface area contributed by atoms with Crippen LogP contribution in [0.3, 0.4) is 0 Å². The zero-order valence-electron chi connectivity index (χ0n) is 20.8. The molecule has 3 aromatic rings. The minimum absolute atomic E-state index is 0.0102. The van der Waals surface area contributed by atoms with Crippen molar-refractivity contribution in [2.75, 3.05) is 51.2 Å². The lowest BCUT2D eigenvalue weighted by atomic mass is 10.1. The van der Waals surface area contributed by atoms with E-state index < -0.39 is 0 Å². The number of thiophene rings is 1. The zero-order chi connectivity index (χ0) is 24.1. The van der Waals surface area contributed by atoms with Crippen molar-refractivity contribution in [1.29, 1.82) is 0 Å². The van der Waals surface area contributed by atoms with Crippen LogP contribution in [0.2, 0.25) is 0 Å². The number of carbonyl (C=O) groups is 1. The fourth-order valence-electron chi connectivity index (χ4n) is 4.43. The maximum absolute atomic E-state index is 13.1. The molecule has 3 heterocycles. The van der Waals surface area contributed by atoms with E-state index in [1.54, 1.807) is 6.33 Å². The molecule has 7 nitrogen and oxygen atoms in total. The summed E-state index contributed by atoms with van der Waals surface area (Å²) in [5.74, 6) is 0.948. The minimum Gasteiger partial charge on any atom is -0.353 e. The number of likely N-dealkylation sites (N-methyl/N-ethyl adjacent to an activating group) is 1. The summed E-state index contributed by atoms with van der Waals surface area (Å²) in [4.78, 5) is 30.9. The monoisotopic (exact) mass is 480 g/mol. The Morgan fingerprint density at radius 2 is 1.88 bits per heavy atom. The van der Waals surface area contributed by atoms with E-state index in [1.165, 1.54) is 16.9 Å². The first kappa shape index (κ1) is 24.6. The van der Waals surface area contributed by atoms with Crippen LogP contribution in [0.4, 0.5) is 5.82 Å². The number of anilines is 1. The van der Waals surface area contributed by atoms with Crippen molar-refractivity contribution in [1.82, 2.24) is 25.1 Å². The first-order valence-electron chi connectivity index (χ1n) is 12.2. The molecule has 34 heavy (non-hydrogen) atoms. The van der Waals surface area contributed by atoms with Crippen molar-refractivity contribution in [3.63, 3.8) is 0 Å². The lowest BCUT2D eigenvalue weighted by Crippen LogP contribution is -2.44. The molecule has 0 unspecified atom stereocenters. The van der Waals surface area contributed by atoms with Gasteiger partial charge in [0.1, 0.15) is 17.0 Å². The maximum atomic E-state index is 13.1. The molecule has 8 heteroatoms. The second-order valence-corrected chi connectivity index (χ2v) is 10.4. The third-order valence-corrected chi connectivity index (χ3v) is 7.78. The van der Waals surface area contributed by atoms with E-state index in [1.807, 2.05) is 6.92 Å². The minimum atomic E-state index is -0.0102. The lowest BCUT2D eigenvalue weighted by Gasteiger charge is -2.33. The van der Waals surface area contributed by atoms with Gasteiger partial charge < -0.3 is 15.1 Å². The van der Waals surface area contributed by atoms with E-state index in [0.717, 1.165) is 72.2 Å². The summed E-state index contributed by atoms with van der Waals surface area (Å²) in [6.07, 6.45) is 2.54. The normalized spacial score (nSPS) is 14.9. The standard InChI is InChI=1S/C26H36N6OS/c1-19(2)32(17-21-9-6-5-7-10-21)12-8-11-27-25(33)23-20(3)22-24(28-18-29-26(22)34-23)31-15-13-30(4)14-16-31/h5-7,9-10,18-19H,8,11-17H2,1-4H3,(H,27,33). The number of benzene rings is 1. The molecule has 1 saturated heterocycles. The van der Waals surface area contributed by atoms with E-state index in [9.17, 15) is 4.79 Å². The van der Waals surface area contributed by atoms with Gasteiger partial charge in [-0.3, -0.25) is 9.69 Å². The molecule has 0 bridgehead atoms. The van der Waals surface area contributed by atoms with Crippen LogP contribution >= 0.6 is 11.3 Å². The van der Waals surface area contributed by atoms with Gasteiger partial charge in [-0.05, 0) is 45.4 Å². The van der Waals surface area contributed by atoms with E-state index >= 15 is 0 Å². The van der Waals surface area contributed by atoms with E-state index in [4.69, 9.17) is 0 Å². The van der Waals surface area contributed by atoms with Crippen molar-refractivity contribution in [2.45, 2.75) is 39.8 Å². The molecule has 1 N–H and O–H groups in total. The molecule has 2 aromatic heterocycles. The molecule has 0 atom stereocenters. The number of hydrogen-bond donors (Lipinski definition) is 1. The molecule has 1 aliphatic rings. The summed E-state index contributed by atoms with van der Waals surface area (Å²) in [6, 6.07) is 11.0. The third-order valence-electron chi connectivity index (χ3n) is 6.58. The summed E-state index contributed by atoms with van der Waals surface area (Å²) >= 11 is 1.47. The van der Waals surface area contributed by atoms with Gasteiger partial charge in [-0.25, -0.2) is 9.97 Å². The number of aromatic nitrogens is 2. The van der Waals surface area contributed by atoms with Crippen molar-refractivity contribution in [2.24, 2.45) is 0 Å². The van der Waals surface area contributed by atoms with Crippen LogP contribution in [0.5, 0.6) is 0 Å². The highest BCUT2D eigenvalue weighted by atomic mass is 32.1. The molecular weight excluding hydrogens is 444 g/mol. The van der Waals surface area contributed by atoms with Gasteiger partial charge in [0.2, 0.25) is 0 Å². The summed E-state index contributed by atoms with van der Waals surface area (Å²) in [6.45, 7) is 12.9. The first-order chi connectivity index (χ1) is 16.4. The number of nitrogens with one attached hydrogen (secondary N) is 1. The van der Waals surface area contributed by atoms with Gasteiger partial charge in [0.25, 0.3) is 5.91 Å². The molecule has 1 aliphatic heterocycles. The molecule has 0 spiro atoms. The Morgan fingerprint density at radius 1 is 1.15 bits per heavy atom. The molecule has 0 aliphatic carbocycles. The fourth-order valence-corrected chi connectivity index (χ4v) is 5.49. The number of hydrogen-bond acceptors (Lipinski definition) is 7. The Hall–Kier alpha value is -2.55. The molecule has 0 radical (unpaired) electrons. The molecule has 1 amide bonds. The summed E-state index contributed by atoms with van der Waals surface area (Å²) in [5, 5.41) is 4.16. The predicted octanol–water partition coefficient (Wildman–Crippen LogP) is 3.78. The molecule has 1 aromatic carbocycles. The average molecular weight is 481 g/mol. The van der Waals surface area contributed by atoms with Gasteiger partial charge in [0.05, 0.1) is 10.3 Å². The van der Waals surface area contributed by atoms with Crippen LogP contribution < -0.4 is 10.2 Å². The highest BCUT2D eigenvalue weighted by molar-refractivity contribution is 7.20. The molecule has 0 saturated carbocycles. The maximum Gasteiger partial charge on any atom is 0.261 e. The summed E-state index contributed by atoms with van der Waals surface area (Å²) in [7, 11) is 2.15. The highest BCUT2D eigenvalue weighted by Gasteiger charge is 2.23. The van der Waals surface area contributed by atoms with Gasteiger partial charge in [0.15, 0.2) is 0 Å². The smallest absolute Gasteiger partial charge is 0.261 e. The molecule has 4 rings (SSSR count). The van der Waals surface area contributed by atoms with Gasteiger partial charge in [-0.15, -0.1) is 11.3 Å². The third kappa shape index (κ3) is 5.74. The Balaban J connectivity index is 1.37. The van der Waals surface area contributed by atoms with Gasteiger partial charge in [-0.1, -0.05) is 30.3 Å².